The minimum absolute atomic E-state index is 0.0636. The molecule has 0 atom stereocenters. The van der Waals surface area contributed by atoms with Crippen molar-refractivity contribution in [2.75, 3.05) is 0 Å². The van der Waals surface area contributed by atoms with E-state index in [0.29, 0.717) is 5.71 Å². The van der Waals surface area contributed by atoms with E-state index in [1.807, 2.05) is 25.1 Å². The smallest absolute Gasteiger partial charge is 0.209 e. The molecule has 0 saturated carbocycles. The average molecular weight is 159 g/mol. The van der Waals surface area contributed by atoms with Crippen molar-refractivity contribution in [2.24, 2.45) is 4.99 Å². The van der Waals surface area contributed by atoms with E-state index >= 15 is 0 Å². The minimum Gasteiger partial charge on any atom is -0.287 e. The van der Waals surface area contributed by atoms with Gasteiger partial charge in [-0.15, -0.1) is 0 Å². The molecular formula is C10H9NO. The van der Waals surface area contributed by atoms with E-state index in [1.165, 1.54) is 0 Å². The molecule has 1 heterocycles. The Kier molecular flexibility index (Phi) is 1.37. The van der Waals surface area contributed by atoms with Gasteiger partial charge < -0.3 is 0 Å². The molecule has 0 aromatic heterocycles. The predicted octanol–water partition coefficient (Wildman–Crippen LogP) is 2.28. The number of hydrogen-bond donors (Lipinski definition) is 0. The van der Waals surface area contributed by atoms with Crippen molar-refractivity contribution in [3.63, 3.8) is 0 Å². The number of rotatable bonds is 0. The minimum atomic E-state index is 0.0636. The third-order valence-corrected chi connectivity index (χ3v) is 2.01. The van der Waals surface area contributed by atoms with E-state index in [9.17, 15) is 4.79 Å². The number of fused-ring (bicyclic) bond motifs is 1. The van der Waals surface area contributed by atoms with E-state index in [4.69, 9.17) is 0 Å². The van der Waals surface area contributed by atoms with Crippen LogP contribution in [-0.2, 0) is 0 Å². The summed E-state index contributed by atoms with van der Waals surface area (Å²) in [6, 6.07) is 5.74. The average Bonchev–Trinajstić information content (AvgIpc) is 2.31. The first kappa shape index (κ1) is 7.22. The molecule has 1 aliphatic rings. The Hall–Kier alpha value is -1.44. The maximum Gasteiger partial charge on any atom is 0.209 e. The molecule has 1 aromatic rings. The number of Topliss-reactive ketones (excluding diaryl/α,β-unsaturated/α-hetero) is 1. The largest absolute Gasteiger partial charge is 0.287 e. The molecule has 0 N–H and O–H groups in total. The fraction of sp³-hybridized carbons (Fsp3) is 0.200. The van der Waals surface area contributed by atoms with Gasteiger partial charge in [-0.1, -0.05) is 11.6 Å². The van der Waals surface area contributed by atoms with Gasteiger partial charge in [-0.05, 0) is 26.0 Å². The maximum atomic E-state index is 11.4. The van der Waals surface area contributed by atoms with Gasteiger partial charge in [0.05, 0.1) is 11.4 Å². The summed E-state index contributed by atoms with van der Waals surface area (Å²) in [5, 5.41) is 0. The van der Waals surface area contributed by atoms with Crippen molar-refractivity contribution in [1.29, 1.82) is 0 Å². The molecule has 0 unspecified atom stereocenters. The van der Waals surface area contributed by atoms with Gasteiger partial charge in [0.15, 0.2) is 0 Å². The third kappa shape index (κ3) is 0.881. The molecule has 60 valence electrons. The lowest BCUT2D eigenvalue weighted by molar-refractivity contribution is 0.106. The molecule has 0 fully saturated rings. The van der Waals surface area contributed by atoms with Gasteiger partial charge in [-0.3, -0.25) is 4.79 Å². The Bertz CT molecular complexity index is 391. The number of aryl methyl sites for hydroxylation is 1. The van der Waals surface area contributed by atoms with Crippen molar-refractivity contribution in [2.45, 2.75) is 13.8 Å². The van der Waals surface area contributed by atoms with Crippen LogP contribution in [0.25, 0.3) is 0 Å². The van der Waals surface area contributed by atoms with Crippen LogP contribution in [0.1, 0.15) is 22.8 Å². The summed E-state index contributed by atoms with van der Waals surface area (Å²) in [4.78, 5) is 15.6. The highest BCUT2D eigenvalue weighted by molar-refractivity contribution is 6.49. The third-order valence-electron chi connectivity index (χ3n) is 2.01. The number of ketones is 1. The highest BCUT2D eigenvalue weighted by atomic mass is 16.1. The fourth-order valence-electron chi connectivity index (χ4n) is 1.36. The van der Waals surface area contributed by atoms with Crippen molar-refractivity contribution < 1.29 is 4.79 Å². The number of carbonyl (C=O) groups excluding carboxylic acids is 1. The van der Waals surface area contributed by atoms with Gasteiger partial charge in [0, 0.05) is 5.56 Å². The van der Waals surface area contributed by atoms with E-state index in [1.54, 1.807) is 6.92 Å². The van der Waals surface area contributed by atoms with Crippen LogP contribution >= 0.6 is 0 Å². The van der Waals surface area contributed by atoms with Crippen molar-refractivity contribution >= 4 is 17.2 Å². The van der Waals surface area contributed by atoms with Gasteiger partial charge in [0.2, 0.25) is 5.78 Å². The second-order valence-corrected chi connectivity index (χ2v) is 3.05. The van der Waals surface area contributed by atoms with Crippen LogP contribution in [0.2, 0.25) is 0 Å². The number of hydrogen-bond acceptors (Lipinski definition) is 2. The quantitative estimate of drug-likeness (QED) is 0.571. The summed E-state index contributed by atoms with van der Waals surface area (Å²) in [6.07, 6.45) is 0. The number of nitrogens with zero attached hydrogens (tertiary/aromatic N) is 1. The Balaban J connectivity index is 2.65. The zero-order valence-electron chi connectivity index (χ0n) is 7.09. The SMILES string of the molecule is CC1=Nc2ccc(C)cc2C1=O. The first-order valence-electron chi connectivity index (χ1n) is 3.89. The van der Waals surface area contributed by atoms with Crippen LogP contribution in [0.5, 0.6) is 0 Å². The number of benzene rings is 1. The molecule has 2 nitrogen and oxygen atoms in total. The summed E-state index contributed by atoms with van der Waals surface area (Å²) in [5.74, 6) is 0.0636. The van der Waals surface area contributed by atoms with Crippen LogP contribution < -0.4 is 0 Å². The lowest BCUT2D eigenvalue weighted by Crippen LogP contribution is -2.03. The zero-order valence-corrected chi connectivity index (χ0v) is 7.09. The fourth-order valence-corrected chi connectivity index (χ4v) is 1.36. The Labute approximate surface area is 70.9 Å². The van der Waals surface area contributed by atoms with E-state index in [-0.39, 0.29) is 5.78 Å². The predicted molar refractivity (Wildman–Crippen MR) is 48.3 cm³/mol. The highest BCUT2D eigenvalue weighted by Gasteiger charge is 2.20. The first-order valence-corrected chi connectivity index (χ1v) is 3.89. The van der Waals surface area contributed by atoms with E-state index in [2.05, 4.69) is 4.99 Å². The van der Waals surface area contributed by atoms with Crippen molar-refractivity contribution in [1.82, 2.24) is 0 Å². The molecule has 0 saturated heterocycles. The molecular weight excluding hydrogens is 150 g/mol. The monoisotopic (exact) mass is 159 g/mol. The van der Waals surface area contributed by atoms with Gasteiger partial charge in [0.1, 0.15) is 0 Å². The molecule has 1 aromatic carbocycles. The standard InChI is InChI=1S/C10H9NO/c1-6-3-4-9-8(5-6)10(12)7(2)11-9/h3-5H,1-2H3. The number of aliphatic imine (C=N–C) groups is 1. The second-order valence-electron chi connectivity index (χ2n) is 3.05. The zero-order chi connectivity index (χ0) is 8.72. The molecule has 0 radical (unpaired) electrons. The Morgan fingerprint density at radius 3 is 2.75 bits per heavy atom. The Morgan fingerprint density at radius 2 is 2.00 bits per heavy atom. The normalized spacial score (nSPS) is 14.5. The van der Waals surface area contributed by atoms with E-state index < -0.39 is 0 Å². The van der Waals surface area contributed by atoms with Crippen LogP contribution in [0.4, 0.5) is 5.69 Å². The summed E-state index contributed by atoms with van der Waals surface area (Å²) in [5.41, 5.74) is 3.25. The topological polar surface area (TPSA) is 29.4 Å². The Morgan fingerprint density at radius 1 is 1.25 bits per heavy atom. The number of carbonyl (C=O) groups is 1. The van der Waals surface area contributed by atoms with Crippen LogP contribution in [0, 0.1) is 6.92 Å². The summed E-state index contributed by atoms with van der Waals surface area (Å²) >= 11 is 0. The van der Waals surface area contributed by atoms with Crippen LogP contribution in [0.3, 0.4) is 0 Å². The first-order chi connectivity index (χ1) is 5.68. The molecule has 0 spiro atoms. The molecule has 0 bridgehead atoms. The van der Waals surface area contributed by atoms with Gasteiger partial charge >= 0.3 is 0 Å². The van der Waals surface area contributed by atoms with Gasteiger partial charge in [-0.25, -0.2) is 4.99 Å². The highest BCUT2D eigenvalue weighted by Crippen LogP contribution is 2.26. The summed E-state index contributed by atoms with van der Waals surface area (Å²) in [7, 11) is 0. The summed E-state index contributed by atoms with van der Waals surface area (Å²) < 4.78 is 0. The lowest BCUT2D eigenvalue weighted by Gasteiger charge is -1.95. The van der Waals surface area contributed by atoms with Crippen LogP contribution in [0.15, 0.2) is 23.2 Å². The lowest BCUT2D eigenvalue weighted by atomic mass is 10.1. The summed E-state index contributed by atoms with van der Waals surface area (Å²) in [6.45, 7) is 3.72. The molecule has 1 aliphatic heterocycles. The van der Waals surface area contributed by atoms with Crippen molar-refractivity contribution in [3.05, 3.63) is 29.3 Å². The molecule has 0 amide bonds. The molecule has 12 heavy (non-hydrogen) atoms. The molecule has 2 rings (SSSR count). The second kappa shape index (κ2) is 2.27. The molecule has 2 heteroatoms. The maximum absolute atomic E-state index is 11.4. The molecule has 0 aliphatic carbocycles. The van der Waals surface area contributed by atoms with Crippen molar-refractivity contribution in [3.8, 4) is 0 Å². The van der Waals surface area contributed by atoms with Gasteiger partial charge in [0.25, 0.3) is 0 Å². The van der Waals surface area contributed by atoms with E-state index in [0.717, 1.165) is 16.8 Å². The van der Waals surface area contributed by atoms with Crippen LogP contribution in [-0.4, -0.2) is 11.5 Å². The van der Waals surface area contributed by atoms with Gasteiger partial charge in [-0.2, -0.15) is 0 Å².